The molecule has 1 fully saturated rings. The highest BCUT2D eigenvalue weighted by molar-refractivity contribution is 7.99. The van der Waals surface area contributed by atoms with E-state index in [1.165, 1.54) is 0 Å². The summed E-state index contributed by atoms with van der Waals surface area (Å²) in [5, 5.41) is 3.98. The molecule has 2 heterocycles. The molecule has 0 amide bonds. The van der Waals surface area contributed by atoms with E-state index in [1.54, 1.807) is 18.9 Å². The SMILES string of the molecule is CCCNc1nc(SCCOC)nc(N2CCOCC2)n1. The summed E-state index contributed by atoms with van der Waals surface area (Å²) in [4.78, 5) is 15.7. The number of nitrogens with one attached hydrogen (secondary N) is 1. The van der Waals surface area contributed by atoms with Crippen LogP contribution in [0, 0.1) is 0 Å². The quantitative estimate of drug-likeness (QED) is 0.568. The lowest BCUT2D eigenvalue weighted by Gasteiger charge is -2.27. The van der Waals surface area contributed by atoms with Crippen LogP contribution in [0.2, 0.25) is 0 Å². The number of nitrogens with zero attached hydrogens (tertiary/aromatic N) is 4. The number of aromatic nitrogens is 3. The predicted octanol–water partition coefficient (Wildman–Crippen LogP) is 1.27. The molecule has 0 aliphatic carbocycles. The van der Waals surface area contributed by atoms with Crippen LogP contribution in [-0.4, -0.2) is 67.3 Å². The van der Waals surface area contributed by atoms with Crippen LogP contribution in [0.4, 0.5) is 11.9 Å². The van der Waals surface area contributed by atoms with Gasteiger partial charge in [0, 0.05) is 32.5 Å². The first-order valence-corrected chi connectivity index (χ1v) is 8.26. The highest BCUT2D eigenvalue weighted by atomic mass is 32.2. The number of morpholine rings is 1. The van der Waals surface area contributed by atoms with E-state index >= 15 is 0 Å². The van der Waals surface area contributed by atoms with Gasteiger partial charge in [0.05, 0.1) is 19.8 Å². The standard InChI is InChI=1S/C13H23N5O2S/c1-3-4-14-11-15-12(18-5-7-20-8-6-18)17-13(16-11)21-10-9-19-2/h3-10H2,1-2H3,(H,14,15,16,17). The minimum Gasteiger partial charge on any atom is -0.384 e. The van der Waals surface area contributed by atoms with E-state index < -0.39 is 0 Å². The Morgan fingerprint density at radius 2 is 2.10 bits per heavy atom. The zero-order valence-electron chi connectivity index (χ0n) is 12.7. The molecule has 1 aliphatic heterocycles. The maximum atomic E-state index is 5.38. The lowest BCUT2D eigenvalue weighted by molar-refractivity contribution is 0.122. The van der Waals surface area contributed by atoms with Crippen molar-refractivity contribution in [2.24, 2.45) is 0 Å². The van der Waals surface area contributed by atoms with Crippen molar-refractivity contribution < 1.29 is 9.47 Å². The molecule has 0 unspecified atom stereocenters. The van der Waals surface area contributed by atoms with Crippen LogP contribution in [0.3, 0.4) is 0 Å². The van der Waals surface area contributed by atoms with Gasteiger partial charge in [0.25, 0.3) is 0 Å². The van der Waals surface area contributed by atoms with Gasteiger partial charge in [-0.1, -0.05) is 18.7 Å². The van der Waals surface area contributed by atoms with Gasteiger partial charge in [0.2, 0.25) is 11.9 Å². The summed E-state index contributed by atoms with van der Waals surface area (Å²) in [7, 11) is 1.70. The molecule has 8 heteroatoms. The molecule has 1 saturated heterocycles. The Labute approximate surface area is 129 Å². The number of ether oxygens (including phenoxy) is 2. The van der Waals surface area contributed by atoms with Gasteiger partial charge in [-0.15, -0.1) is 0 Å². The predicted molar refractivity (Wildman–Crippen MR) is 84.2 cm³/mol. The largest absolute Gasteiger partial charge is 0.384 e. The van der Waals surface area contributed by atoms with Gasteiger partial charge in [-0.2, -0.15) is 15.0 Å². The molecular formula is C13H23N5O2S. The van der Waals surface area contributed by atoms with Crippen LogP contribution in [0.5, 0.6) is 0 Å². The second-order valence-electron chi connectivity index (χ2n) is 4.61. The van der Waals surface area contributed by atoms with Crippen LogP contribution in [0.1, 0.15) is 13.3 Å². The fourth-order valence-electron chi connectivity index (χ4n) is 1.85. The zero-order chi connectivity index (χ0) is 14.9. The highest BCUT2D eigenvalue weighted by Crippen LogP contribution is 2.19. The molecule has 0 radical (unpaired) electrons. The van der Waals surface area contributed by atoms with E-state index in [1.807, 2.05) is 0 Å². The Kier molecular flexibility index (Phi) is 6.98. The molecule has 0 aromatic carbocycles. The normalized spacial score (nSPS) is 15.2. The Bertz CT molecular complexity index is 429. The molecule has 21 heavy (non-hydrogen) atoms. The van der Waals surface area contributed by atoms with Crippen molar-refractivity contribution in [1.82, 2.24) is 15.0 Å². The molecule has 0 spiro atoms. The summed E-state index contributed by atoms with van der Waals surface area (Å²) in [5.74, 6) is 2.20. The summed E-state index contributed by atoms with van der Waals surface area (Å²) in [5.41, 5.74) is 0. The number of hydrogen-bond acceptors (Lipinski definition) is 8. The van der Waals surface area contributed by atoms with Gasteiger partial charge in [-0.3, -0.25) is 0 Å². The van der Waals surface area contributed by atoms with E-state index in [0.29, 0.717) is 12.6 Å². The molecule has 1 aliphatic rings. The first kappa shape index (κ1) is 16.3. The van der Waals surface area contributed by atoms with Gasteiger partial charge in [-0.05, 0) is 6.42 Å². The average Bonchev–Trinajstić information content (AvgIpc) is 2.54. The van der Waals surface area contributed by atoms with Gasteiger partial charge < -0.3 is 19.7 Å². The number of thioether (sulfide) groups is 1. The Balaban J connectivity index is 2.10. The molecule has 1 aromatic heterocycles. The number of anilines is 2. The molecule has 1 aromatic rings. The molecular weight excluding hydrogens is 290 g/mol. The first-order valence-electron chi connectivity index (χ1n) is 7.28. The van der Waals surface area contributed by atoms with Crippen molar-refractivity contribution in [1.29, 1.82) is 0 Å². The molecule has 7 nitrogen and oxygen atoms in total. The lowest BCUT2D eigenvalue weighted by atomic mass is 10.4. The van der Waals surface area contributed by atoms with Crippen molar-refractivity contribution in [3.05, 3.63) is 0 Å². The van der Waals surface area contributed by atoms with Gasteiger partial charge in [0.1, 0.15) is 0 Å². The van der Waals surface area contributed by atoms with E-state index in [4.69, 9.17) is 9.47 Å². The fraction of sp³-hybridized carbons (Fsp3) is 0.769. The third-order valence-electron chi connectivity index (χ3n) is 2.95. The Morgan fingerprint density at radius 1 is 1.29 bits per heavy atom. The van der Waals surface area contributed by atoms with Crippen molar-refractivity contribution in [3.63, 3.8) is 0 Å². The maximum Gasteiger partial charge on any atom is 0.231 e. The van der Waals surface area contributed by atoms with Crippen LogP contribution in [-0.2, 0) is 9.47 Å². The minimum atomic E-state index is 0.647. The maximum absolute atomic E-state index is 5.38. The highest BCUT2D eigenvalue weighted by Gasteiger charge is 2.16. The van der Waals surface area contributed by atoms with Crippen LogP contribution >= 0.6 is 11.8 Å². The molecule has 0 bridgehead atoms. The summed E-state index contributed by atoms with van der Waals surface area (Å²) in [6.07, 6.45) is 1.03. The monoisotopic (exact) mass is 313 g/mol. The van der Waals surface area contributed by atoms with Gasteiger partial charge in [-0.25, -0.2) is 0 Å². The number of hydrogen-bond donors (Lipinski definition) is 1. The average molecular weight is 313 g/mol. The smallest absolute Gasteiger partial charge is 0.231 e. The fourth-order valence-corrected chi connectivity index (χ4v) is 2.58. The van der Waals surface area contributed by atoms with Crippen LogP contribution in [0.25, 0.3) is 0 Å². The van der Waals surface area contributed by atoms with E-state index in [0.717, 1.165) is 56.1 Å². The molecule has 118 valence electrons. The number of methoxy groups -OCH3 is 1. The zero-order valence-corrected chi connectivity index (χ0v) is 13.5. The molecule has 0 atom stereocenters. The first-order chi connectivity index (χ1) is 10.3. The Morgan fingerprint density at radius 3 is 2.81 bits per heavy atom. The summed E-state index contributed by atoms with van der Waals surface area (Å²) in [6.45, 7) is 6.73. The summed E-state index contributed by atoms with van der Waals surface area (Å²) < 4.78 is 10.4. The van der Waals surface area contributed by atoms with E-state index in [2.05, 4.69) is 32.1 Å². The van der Waals surface area contributed by atoms with Crippen molar-refractivity contribution >= 4 is 23.7 Å². The Hall–Kier alpha value is -1.12. The minimum absolute atomic E-state index is 0.647. The third-order valence-corrected chi connectivity index (χ3v) is 3.76. The number of rotatable bonds is 8. The van der Waals surface area contributed by atoms with E-state index in [9.17, 15) is 0 Å². The molecule has 2 rings (SSSR count). The molecule has 1 N–H and O–H groups in total. The third kappa shape index (κ3) is 5.29. The topological polar surface area (TPSA) is 72.4 Å². The van der Waals surface area contributed by atoms with Crippen LogP contribution < -0.4 is 10.2 Å². The van der Waals surface area contributed by atoms with Crippen molar-refractivity contribution in [2.45, 2.75) is 18.5 Å². The second kappa shape index (κ2) is 9.01. The lowest BCUT2D eigenvalue weighted by Crippen LogP contribution is -2.37. The van der Waals surface area contributed by atoms with Gasteiger partial charge in [0.15, 0.2) is 5.16 Å². The van der Waals surface area contributed by atoms with Gasteiger partial charge >= 0.3 is 0 Å². The summed E-state index contributed by atoms with van der Waals surface area (Å²) >= 11 is 1.59. The second-order valence-corrected chi connectivity index (χ2v) is 5.67. The van der Waals surface area contributed by atoms with Crippen LogP contribution in [0.15, 0.2) is 5.16 Å². The summed E-state index contributed by atoms with van der Waals surface area (Å²) in [6, 6.07) is 0. The van der Waals surface area contributed by atoms with E-state index in [-0.39, 0.29) is 0 Å². The van der Waals surface area contributed by atoms with Crippen molar-refractivity contribution in [3.8, 4) is 0 Å². The van der Waals surface area contributed by atoms with Crippen molar-refractivity contribution in [2.75, 3.05) is 62.5 Å². The molecule has 0 saturated carbocycles.